The Bertz CT molecular complexity index is 986. The second-order valence-corrected chi connectivity index (χ2v) is 7.27. The number of amides is 1. The number of nitrogens with zero attached hydrogens (tertiary/aromatic N) is 3. The highest BCUT2D eigenvalue weighted by Gasteiger charge is 2.26. The minimum atomic E-state index is -0.190. The van der Waals surface area contributed by atoms with Crippen LogP contribution in [0.25, 0.3) is 0 Å². The molecule has 1 aromatic carbocycles. The van der Waals surface area contributed by atoms with E-state index in [1.807, 2.05) is 37.6 Å². The molecule has 1 amide bonds. The van der Waals surface area contributed by atoms with Gasteiger partial charge in [0.25, 0.3) is 5.91 Å². The topological polar surface area (TPSA) is 73.0 Å². The molecular weight excluding hydrogens is 340 g/mol. The van der Waals surface area contributed by atoms with Crippen LogP contribution in [0.3, 0.4) is 0 Å². The van der Waals surface area contributed by atoms with E-state index in [9.17, 15) is 4.79 Å². The Morgan fingerprint density at radius 1 is 1.30 bits per heavy atom. The third kappa shape index (κ3) is 3.39. The Hall–Kier alpha value is -2.89. The molecule has 0 aliphatic heterocycles. The molecule has 1 atom stereocenters. The fourth-order valence-corrected chi connectivity index (χ4v) is 3.87. The zero-order valence-electron chi connectivity index (χ0n) is 16.0. The van der Waals surface area contributed by atoms with E-state index in [0.717, 1.165) is 36.2 Å². The van der Waals surface area contributed by atoms with E-state index in [1.165, 1.54) is 11.1 Å². The predicted octanol–water partition coefficient (Wildman–Crippen LogP) is 3.65. The summed E-state index contributed by atoms with van der Waals surface area (Å²) in [5, 5.41) is 11.7. The maximum Gasteiger partial charge on any atom is 0.274 e. The summed E-state index contributed by atoms with van der Waals surface area (Å²) >= 11 is 0. The van der Waals surface area contributed by atoms with Crippen LogP contribution in [0.2, 0.25) is 0 Å². The van der Waals surface area contributed by atoms with Crippen LogP contribution in [0.1, 0.15) is 63.2 Å². The number of carbonyl (C=O) groups excluding carboxylic acids is 1. The van der Waals surface area contributed by atoms with Gasteiger partial charge in [0.1, 0.15) is 5.76 Å². The molecule has 0 radical (unpaired) electrons. The van der Waals surface area contributed by atoms with Crippen molar-refractivity contribution in [3.63, 3.8) is 0 Å². The summed E-state index contributed by atoms with van der Waals surface area (Å²) in [6.07, 6.45) is 3.07. The molecule has 6 heteroatoms. The number of aromatic nitrogens is 3. The molecule has 0 saturated heterocycles. The lowest BCUT2D eigenvalue weighted by Crippen LogP contribution is -2.32. The Morgan fingerprint density at radius 2 is 2.11 bits per heavy atom. The monoisotopic (exact) mass is 364 g/mol. The number of rotatable bonds is 4. The minimum Gasteiger partial charge on any atom is -0.361 e. The van der Waals surface area contributed by atoms with Crippen molar-refractivity contribution in [2.75, 3.05) is 0 Å². The summed E-state index contributed by atoms with van der Waals surface area (Å²) in [7, 11) is 0. The predicted molar refractivity (Wildman–Crippen MR) is 102 cm³/mol. The summed E-state index contributed by atoms with van der Waals surface area (Å²) in [6.45, 7) is 6.26. The first-order chi connectivity index (χ1) is 13.0. The minimum absolute atomic E-state index is 0.0148. The van der Waals surface area contributed by atoms with Gasteiger partial charge in [-0.3, -0.25) is 9.48 Å². The molecule has 3 aromatic rings. The normalized spacial score (nSPS) is 16.2. The van der Waals surface area contributed by atoms with Crippen LogP contribution in [0.4, 0.5) is 0 Å². The molecule has 0 saturated carbocycles. The lowest BCUT2D eigenvalue weighted by atomic mass is 9.87. The van der Waals surface area contributed by atoms with Crippen LogP contribution >= 0.6 is 0 Å². The standard InChI is InChI=1S/C21H24N4O2/c1-13-11-14(2)25(23-13)12-18-15(3)27-24-20(18)21(26)22-19-10-6-8-16-7-4-5-9-17(16)19/h4-5,7,9,11,19H,6,8,10,12H2,1-3H3,(H,22,26). The molecule has 2 heterocycles. The maximum atomic E-state index is 13.0. The molecule has 1 aliphatic rings. The summed E-state index contributed by atoms with van der Waals surface area (Å²) in [4.78, 5) is 13.0. The molecule has 2 aromatic heterocycles. The van der Waals surface area contributed by atoms with Gasteiger partial charge in [-0.15, -0.1) is 0 Å². The number of hydrogen-bond acceptors (Lipinski definition) is 4. The van der Waals surface area contributed by atoms with Crippen LogP contribution in [0.15, 0.2) is 34.9 Å². The van der Waals surface area contributed by atoms with E-state index < -0.39 is 0 Å². The summed E-state index contributed by atoms with van der Waals surface area (Å²) in [5.41, 5.74) is 5.64. The zero-order chi connectivity index (χ0) is 19.0. The van der Waals surface area contributed by atoms with Gasteiger partial charge in [-0.2, -0.15) is 5.10 Å². The van der Waals surface area contributed by atoms with E-state index in [2.05, 4.69) is 33.8 Å². The van der Waals surface area contributed by atoms with Crippen LogP contribution < -0.4 is 5.32 Å². The van der Waals surface area contributed by atoms with Gasteiger partial charge in [-0.1, -0.05) is 29.4 Å². The smallest absolute Gasteiger partial charge is 0.274 e. The van der Waals surface area contributed by atoms with Crippen molar-refractivity contribution in [3.05, 3.63) is 69.9 Å². The van der Waals surface area contributed by atoms with Crippen LogP contribution in [0.5, 0.6) is 0 Å². The molecule has 0 bridgehead atoms. The first kappa shape index (κ1) is 17.5. The van der Waals surface area contributed by atoms with Gasteiger partial charge in [-0.25, -0.2) is 0 Å². The average Bonchev–Trinajstić information content (AvgIpc) is 3.17. The van der Waals surface area contributed by atoms with Crippen LogP contribution in [-0.4, -0.2) is 20.8 Å². The van der Waals surface area contributed by atoms with Crippen LogP contribution in [-0.2, 0) is 13.0 Å². The van der Waals surface area contributed by atoms with Crippen molar-refractivity contribution in [2.24, 2.45) is 0 Å². The number of fused-ring (bicyclic) bond motifs is 1. The summed E-state index contributed by atoms with van der Waals surface area (Å²) < 4.78 is 7.22. The zero-order valence-corrected chi connectivity index (χ0v) is 16.0. The van der Waals surface area contributed by atoms with Crippen molar-refractivity contribution in [2.45, 2.75) is 52.6 Å². The van der Waals surface area contributed by atoms with E-state index in [0.29, 0.717) is 18.0 Å². The molecule has 4 rings (SSSR count). The Balaban J connectivity index is 1.58. The van der Waals surface area contributed by atoms with Crippen molar-refractivity contribution >= 4 is 5.91 Å². The first-order valence-electron chi connectivity index (χ1n) is 9.38. The molecule has 0 spiro atoms. The summed E-state index contributed by atoms with van der Waals surface area (Å²) in [5.74, 6) is 0.460. The van der Waals surface area contributed by atoms with E-state index >= 15 is 0 Å². The quantitative estimate of drug-likeness (QED) is 0.767. The molecule has 1 N–H and O–H groups in total. The highest BCUT2D eigenvalue weighted by molar-refractivity contribution is 5.94. The fraction of sp³-hybridized carbons (Fsp3) is 0.381. The first-order valence-corrected chi connectivity index (χ1v) is 9.38. The largest absolute Gasteiger partial charge is 0.361 e. The van der Waals surface area contributed by atoms with Crippen molar-refractivity contribution in [1.82, 2.24) is 20.3 Å². The summed E-state index contributed by atoms with van der Waals surface area (Å²) in [6, 6.07) is 10.4. The van der Waals surface area contributed by atoms with Gasteiger partial charge in [0.05, 0.1) is 18.3 Å². The second-order valence-electron chi connectivity index (χ2n) is 7.27. The molecule has 6 nitrogen and oxygen atoms in total. The number of hydrogen-bond donors (Lipinski definition) is 1. The number of nitrogens with one attached hydrogen (secondary N) is 1. The van der Waals surface area contributed by atoms with Crippen molar-refractivity contribution in [3.8, 4) is 0 Å². The Labute approximate surface area is 158 Å². The van der Waals surface area contributed by atoms with Gasteiger partial charge in [0, 0.05) is 11.3 Å². The van der Waals surface area contributed by atoms with Crippen LogP contribution in [0, 0.1) is 20.8 Å². The maximum absolute atomic E-state index is 13.0. The number of aryl methyl sites for hydroxylation is 4. The Kier molecular flexibility index (Phi) is 4.56. The molecule has 140 valence electrons. The van der Waals surface area contributed by atoms with E-state index in [-0.39, 0.29) is 11.9 Å². The molecular formula is C21H24N4O2. The molecule has 1 aliphatic carbocycles. The van der Waals surface area contributed by atoms with Gasteiger partial charge in [-0.05, 0) is 57.2 Å². The van der Waals surface area contributed by atoms with Gasteiger partial charge < -0.3 is 9.84 Å². The van der Waals surface area contributed by atoms with E-state index in [1.54, 1.807) is 0 Å². The Morgan fingerprint density at radius 3 is 2.89 bits per heavy atom. The highest BCUT2D eigenvalue weighted by Crippen LogP contribution is 2.30. The fourth-order valence-electron chi connectivity index (χ4n) is 3.87. The number of carbonyl (C=O) groups is 1. The van der Waals surface area contributed by atoms with Gasteiger partial charge in [0.15, 0.2) is 5.69 Å². The second kappa shape index (κ2) is 7.02. The van der Waals surface area contributed by atoms with Crippen molar-refractivity contribution < 1.29 is 9.32 Å². The molecule has 27 heavy (non-hydrogen) atoms. The van der Waals surface area contributed by atoms with Gasteiger partial charge >= 0.3 is 0 Å². The van der Waals surface area contributed by atoms with Crippen molar-refractivity contribution in [1.29, 1.82) is 0 Å². The average molecular weight is 364 g/mol. The van der Waals surface area contributed by atoms with Gasteiger partial charge in [0.2, 0.25) is 0 Å². The molecule has 1 unspecified atom stereocenters. The third-order valence-corrected chi connectivity index (χ3v) is 5.29. The number of benzene rings is 1. The third-order valence-electron chi connectivity index (χ3n) is 5.29. The lowest BCUT2D eigenvalue weighted by molar-refractivity contribution is 0.0922. The van der Waals surface area contributed by atoms with E-state index in [4.69, 9.17) is 4.52 Å². The molecule has 0 fully saturated rings. The lowest BCUT2D eigenvalue weighted by Gasteiger charge is -2.26. The SMILES string of the molecule is Cc1cc(C)n(Cc2c(C(=O)NC3CCCc4ccccc43)noc2C)n1. The highest BCUT2D eigenvalue weighted by atomic mass is 16.5.